The Balaban J connectivity index is 1.62. The van der Waals surface area contributed by atoms with Crippen molar-refractivity contribution in [2.24, 2.45) is 0 Å². The van der Waals surface area contributed by atoms with Crippen LogP contribution in [0.25, 0.3) is 0 Å². The van der Waals surface area contributed by atoms with Gasteiger partial charge in [0.25, 0.3) is 0 Å². The number of para-hydroxylation sites is 4. The van der Waals surface area contributed by atoms with E-state index in [9.17, 15) is 9.90 Å². The van der Waals surface area contributed by atoms with Gasteiger partial charge < -0.3 is 33.5 Å². The van der Waals surface area contributed by atoms with Gasteiger partial charge in [-0.25, -0.2) is 4.79 Å². The van der Waals surface area contributed by atoms with Crippen LogP contribution in [0.5, 0.6) is 23.0 Å². The molecule has 0 saturated heterocycles. The largest absolute Gasteiger partial charge is 0.487 e. The lowest BCUT2D eigenvalue weighted by Gasteiger charge is -2.33. The highest BCUT2D eigenvalue weighted by molar-refractivity contribution is 5.68. The summed E-state index contributed by atoms with van der Waals surface area (Å²) >= 11 is 0. The molecule has 1 aliphatic rings. The van der Waals surface area contributed by atoms with Crippen LogP contribution >= 0.6 is 0 Å². The van der Waals surface area contributed by atoms with E-state index < -0.39 is 18.2 Å². The summed E-state index contributed by atoms with van der Waals surface area (Å²) in [4.78, 5) is 11.6. The lowest BCUT2D eigenvalue weighted by molar-refractivity contribution is -0.156. The van der Waals surface area contributed by atoms with Gasteiger partial charge in [-0.3, -0.25) is 0 Å². The third-order valence-corrected chi connectivity index (χ3v) is 7.89. The van der Waals surface area contributed by atoms with Crippen molar-refractivity contribution < 1.29 is 38.3 Å². The maximum atomic E-state index is 11.6. The molecule has 0 saturated carbocycles. The lowest BCUT2D eigenvalue weighted by Crippen LogP contribution is -2.46. The van der Waals surface area contributed by atoms with Crippen molar-refractivity contribution in [3.05, 3.63) is 48.5 Å². The van der Waals surface area contributed by atoms with Gasteiger partial charge in [-0.05, 0) is 30.7 Å². The van der Waals surface area contributed by atoms with Gasteiger partial charge in [-0.2, -0.15) is 0 Å². The number of fused-ring (bicyclic) bond motifs is 2. The van der Waals surface area contributed by atoms with Crippen molar-refractivity contribution in [3.8, 4) is 23.0 Å². The Kier molecular flexibility index (Phi) is 17.5. The molecule has 0 aromatic heterocycles. The molecule has 0 spiro atoms. The van der Waals surface area contributed by atoms with Crippen LogP contribution in [0.3, 0.4) is 0 Å². The summed E-state index contributed by atoms with van der Waals surface area (Å²) in [5.74, 6) is 1.29. The Labute approximate surface area is 264 Å². The Morgan fingerprint density at radius 2 is 1.05 bits per heavy atom. The number of unbranched alkanes of at least 4 members (excludes halogenated alkanes) is 12. The maximum absolute atomic E-state index is 11.6. The molecule has 0 atom stereocenters. The molecule has 0 fully saturated rings. The fraction of sp³-hybridized carbons (Fsp3) is 0.639. The van der Waals surface area contributed by atoms with Crippen molar-refractivity contribution in [2.75, 3.05) is 46.2 Å². The zero-order valence-corrected chi connectivity index (χ0v) is 26.8. The second kappa shape index (κ2) is 21.7. The van der Waals surface area contributed by atoms with Crippen LogP contribution in [0.2, 0.25) is 0 Å². The number of rotatable bonds is 17. The first-order valence-electron chi connectivity index (χ1n) is 16.7. The van der Waals surface area contributed by atoms with Crippen LogP contribution in [0.1, 0.15) is 96.8 Å². The van der Waals surface area contributed by atoms with Crippen molar-refractivity contribution >= 4 is 5.97 Å². The number of carboxylic acid groups (broad SMARTS) is 1. The smallest absolute Gasteiger partial charge is 0.329 e. The second-order valence-corrected chi connectivity index (χ2v) is 11.6. The van der Waals surface area contributed by atoms with Crippen LogP contribution in [-0.4, -0.2) is 62.9 Å². The van der Waals surface area contributed by atoms with Gasteiger partial charge >= 0.3 is 5.97 Å². The molecule has 0 unspecified atom stereocenters. The van der Waals surface area contributed by atoms with E-state index in [1.807, 2.05) is 48.5 Å². The maximum Gasteiger partial charge on any atom is 0.329 e. The Morgan fingerprint density at radius 3 is 1.48 bits per heavy atom. The molecule has 1 heterocycles. The summed E-state index contributed by atoms with van der Waals surface area (Å²) in [6, 6.07) is 14.9. The van der Waals surface area contributed by atoms with E-state index in [0.29, 0.717) is 55.8 Å². The van der Waals surface area contributed by atoms with Crippen molar-refractivity contribution in [1.82, 2.24) is 0 Å². The van der Waals surface area contributed by atoms with E-state index in [1.165, 1.54) is 64.2 Å². The monoisotopic (exact) mass is 614 g/mol. The molecular weight excluding hydrogens is 560 g/mol. The molecule has 3 rings (SSSR count). The minimum absolute atomic E-state index is 0.110. The van der Waals surface area contributed by atoms with Crippen molar-refractivity contribution in [1.29, 1.82) is 0 Å². The first-order valence-corrected chi connectivity index (χ1v) is 16.7. The van der Waals surface area contributed by atoms with Crippen LogP contribution < -0.4 is 18.9 Å². The Hall–Kier alpha value is -2.97. The fourth-order valence-corrected chi connectivity index (χ4v) is 5.34. The van der Waals surface area contributed by atoms with E-state index in [1.54, 1.807) is 0 Å². The second-order valence-electron chi connectivity index (χ2n) is 11.6. The lowest BCUT2D eigenvalue weighted by atomic mass is 9.96. The normalized spacial score (nSPS) is 15.5. The predicted octanol–water partition coefficient (Wildman–Crippen LogP) is 8.25. The van der Waals surface area contributed by atoms with Gasteiger partial charge in [0.05, 0.1) is 13.2 Å². The first-order chi connectivity index (χ1) is 21.6. The van der Waals surface area contributed by atoms with Gasteiger partial charge in [0.1, 0.15) is 38.6 Å². The topological polar surface area (TPSA) is 92.7 Å². The van der Waals surface area contributed by atoms with Gasteiger partial charge in [0.2, 0.25) is 0 Å². The number of benzene rings is 2. The number of hydrogen-bond acceptors (Lipinski definition) is 7. The summed E-state index contributed by atoms with van der Waals surface area (Å²) in [6.45, 7) is 3.56. The standard InChI is InChI=1S/C36H54O8/c1-2-3-4-5-6-7-8-9-10-11-12-13-18-23-36(44-28-35(37)38)29-42-33-21-16-14-19-31(33)40-26-24-39-25-27-41-32-20-15-17-22-34(32)43-30-36/h14-17,19-22H,2-13,18,23-30H2,1H3,(H,37,38). The molecule has 0 amide bonds. The van der Waals surface area contributed by atoms with Crippen molar-refractivity contribution in [3.63, 3.8) is 0 Å². The van der Waals surface area contributed by atoms with Gasteiger partial charge in [0.15, 0.2) is 23.0 Å². The highest BCUT2D eigenvalue weighted by Gasteiger charge is 2.35. The molecule has 0 radical (unpaired) electrons. The Bertz CT molecular complexity index is 987. The average Bonchev–Trinajstić information content (AvgIpc) is 3.03. The van der Waals surface area contributed by atoms with E-state index >= 15 is 0 Å². The van der Waals surface area contributed by atoms with Crippen LogP contribution in [0.4, 0.5) is 0 Å². The van der Waals surface area contributed by atoms with Gasteiger partial charge in [-0.15, -0.1) is 0 Å². The zero-order chi connectivity index (χ0) is 31.1. The summed E-state index contributed by atoms with van der Waals surface area (Å²) in [5, 5.41) is 9.53. The molecule has 8 heteroatoms. The molecule has 246 valence electrons. The first kappa shape index (κ1) is 35.5. The predicted molar refractivity (Wildman–Crippen MR) is 172 cm³/mol. The molecule has 0 aliphatic carbocycles. The molecule has 0 bridgehead atoms. The average molecular weight is 615 g/mol. The highest BCUT2D eigenvalue weighted by Crippen LogP contribution is 2.32. The number of ether oxygens (including phenoxy) is 6. The van der Waals surface area contributed by atoms with Crippen molar-refractivity contribution in [2.45, 2.75) is 102 Å². The fourth-order valence-electron chi connectivity index (χ4n) is 5.34. The summed E-state index contributed by atoms with van der Waals surface area (Å²) in [7, 11) is 0. The number of aliphatic carboxylic acids is 1. The molecule has 2 aromatic carbocycles. The van der Waals surface area contributed by atoms with E-state index in [4.69, 9.17) is 28.4 Å². The number of carbonyl (C=O) groups is 1. The Morgan fingerprint density at radius 1 is 0.636 bits per heavy atom. The molecular formula is C36H54O8. The third kappa shape index (κ3) is 14.2. The molecule has 1 N–H and O–H groups in total. The van der Waals surface area contributed by atoms with Crippen LogP contribution in [-0.2, 0) is 14.3 Å². The summed E-state index contributed by atoms with van der Waals surface area (Å²) < 4.78 is 36.2. The van der Waals surface area contributed by atoms with E-state index in [-0.39, 0.29) is 13.2 Å². The molecule has 1 aliphatic heterocycles. The van der Waals surface area contributed by atoms with Crippen LogP contribution in [0, 0.1) is 0 Å². The number of hydrogen-bond donors (Lipinski definition) is 1. The van der Waals surface area contributed by atoms with E-state index in [0.717, 1.165) is 19.3 Å². The summed E-state index contributed by atoms with van der Waals surface area (Å²) in [6.07, 6.45) is 16.9. The van der Waals surface area contributed by atoms with Crippen LogP contribution in [0.15, 0.2) is 48.5 Å². The quantitative estimate of drug-likeness (QED) is 0.178. The SMILES string of the molecule is CCCCCCCCCCCCCCCC1(OCC(=O)O)COc2ccccc2OCCOCCOc2ccccc2OC1. The molecule has 2 aromatic rings. The number of carboxylic acids is 1. The van der Waals surface area contributed by atoms with Gasteiger partial charge in [-0.1, -0.05) is 115 Å². The molecule has 8 nitrogen and oxygen atoms in total. The summed E-state index contributed by atoms with van der Waals surface area (Å²) in [5.41, 5.74) is -0.990. The minimum atomic E-state index is -1.03. The third-order valence-electron chi connectivity index (χ3n) is 7.89. The minimum Gasteiger partial charge on any atom is -0.487 e. The van der Waals surface area contributed by atoms with E-state index in [2.05, 4.69) is 6.92 Å². The molecule has 44 heavy (non-hydrogen) atoms. The zero-order valence-electron chi connectivity index (χ0n) is 26.8. The van der Waals surface area contributed by atoms with Gasteiger partial charge in [0, 0.05) is 0 Å². The highest BCUT2D eigenvalue weighted by atomic mass is 16.6.